The van der Waals surface area contributed by atoms with E-state index in [0.29, 0.717) is 0 Å². The molecule has 0 aliphatic carbocycles. The third kappa shape index (κ3) is 3.19. The number of para-hydroxylation sites is 1. The molecule has 6 nitrogen and oxygen atoms in total. The van der Waals surface area contributed by atoms with Gasteiger partial charge in [-0.05, 0) is 42.5 Å². The molecule has 1 fully saturated rings. The summed E-state index contributed by atoms with van der Waals surface area (Å²) in [7, 11) is 1.61. The van der Waals surface area contributed by atoms with Gasteiger partial charge in [-0.15, -0.1) is 24.0 Å². The van der Waals surface area contributed by atoms with Crippen LogP contribution in [0.15, 0.2) is 70.1 Å². The van der Waals surface area contributed by atoms with Crippen LogP contribution in [0.4, 0.5) is 16.5 Å². The monoisotopic (exact) mass is 452 g/mol. The van der Waals surface area contributed by atoms with Gasteiger partial charge >= 0.3 is 0 Å². The second-order valence-corrected chi connectivity index (χ2v) is 9.39. The zero-order valence-corrected chi connectivity index (χ0v) is 18.3. The zero-order chi connectivity index (χ0) is 20.8. The van der Waals surface area contributed by atoms with Crippen LogP contribution in [0.1, 0.15) is 4.88 Å². The Balaban J connectivity index is 1.56. The van der Waals surface area contributed by atoms with Crippen LogP contribution in [0.2, 0.25) is 0 Å². The maximum Gasteiger partial charge on any atom is 0.261 e. The highest BCUT2D eigenvalue weighted by Crippen LogP contribution is 2.51. The summed E-state index contributed by atoms with van der Waals surface area (Å²) in [5.74, 6) is 0.103. The lowest BCUT2D eigenvalue weighted by Crippen LogP contribution is -2.53. The number of thiol groups is 1. The molecule has 0 radical (unpaired) electrons. The van der Waals surface area contributed by atoms with E-state index in [-0.39, 0.29) is 11.5 Å². The summed E-state index contributed by atoms with van der Waals surface area (Å²) < 4.78 is 0. The van der Waals surface area contributed by atoms with Crippen molar-refractivity contribution in [2.75, 3.05) is 11.9 Å². The highest BCUT2D eigenvalue weighted by atomic mass is 32.2. The van der Waals surface area contributed by atoms with Crippen molar-refractivity contribution in [3.05, 3.63) is 65.2 Å². The average Bonchev–Trinajstić information content (AvgIpc) is 3.21. The first-order chi connectivity index (χ1) is 14.5. The van der Waals surface area contributed by atoms with Crippen molar-refractivity contribution in [3.8, 4) is 0 Å². The van der Waals surface area contributed by atoms with E-state index < -0.39 is 11.4 Å². The maximum atomic E-state index is 12.5. The SMILES string of the molecule is CN1C(=O)/C(=C/c2ccc(N3c4ccccc4Sc4cccnc43)s2)C(=O)NC1S. The number of rotatable bonds is 2. The number of likely N-dealkylation sites (N-methyl/N-ethyl adjacent to an activating group) is 1. The molecule has 1 aromatic carbocycles. The zero-order valence-electron chi connectivity index (χ0n) is 15.8. The van der Waals surface area contributed by atoms with Crippen LogP contribution in [0, 0.1) is 0 Å². The van der Waals surface area contributed by atoms with E-state index in [0.717, 1.165) is 31.2 Å². The molecule has 0 bridgehead atoms. The number of nitrogens with zero attached hydrogens (tertiary/aromatic N) is 3. The van der Waals surface area contributed by atoms with Crippen LogP contribution in [-0.2, 0) is 9.59 Å². The quantitative estimate of drug-likeness (QED) is 0.270. The lowest BCUT2D eigenvalue weighted by Gasteiger charge is -2.30. The molecule has 1 N–H and O–H groups in total. The van der Waals surface area contributed by atoms with E-state index in [1.54, 1.807) is 31.1 Å². The van der Waals surface area contributed by atoms with E-state index in [9.17, 15) is 9.59 Å². The normalized spacial score (nSPS) is 19.5. The van der Waals surface area contributed by atoms with E-state index in [1.807, 2.05) is 30.3 Å². The van der Waals surface area contributed by atoms with Crippen LogP contribution in [0.5, 0.6) is 0 Å². The van der Waals surface area contributed by atoms with Gasteiger partial charge in [-0.2, -0.15) is 0 Å². The van der Waals surface area contributed by atoms with Gasteiger partial charge in [0.15, 0.2) is 5.82 Å². The number of thiophene rings is 1. The van der Waals surface area contributed by atoms with Gasteiger partial charge in [0.25, 0.3) is 11.8 Å². The molecular weight excluding hydrogens is 436 g/mol. The van der Waals surface area contributed by atoms with Crippen LogP contribution in [0.25, 0.3) is 6.08 Å². The third-order valence-corrected chi connectivity index (χ3v) is 7.43. The van der Waals surface area contributed by atoms with Crippen molar-refractivity contribution in [3.63, 3.8) is 0 Å². The van der Waals surface area contributed by atoms with E-state index in [4.69, 9.17) is 0 Å². The van der Waals surface area contributed by atoms with Gasteiger partial charge in [0, 0.05) is 23.0 Å². The summed E-state index contributed by atoms with van der Waals surface area (Å²) in [6.45, 7) is 0. The molecule has 0 saturated carbocycles. The first-order valence-electron chi connectivity index (χ1n) is 9.12. The van der Waals surface area contributed by atoms with Gasteiger partial charge in [0.05, 0.1) is 10.6 Å². The Hall–Kier alpha value is -2.75. The molecule has 2 aromatic heterocycles. The number of hydrogen-bond acceptors (Lipinski definition) is 7. The number of pyridine rings is 1. The molecule has 2 aliphatic rings. The molecule has 0 spiro atoms. The number of hydrogen-bond donors (Lipinski definition) is 2. The van der Waals surface area contributed by atoms with Gasteiger partial charge < -0.3 is 10.2 Å². The molecule has 2 aliphatic heterocycles. The summed E-state index contributed by atoms with van der Waals surface area (Å²) >= 11 is 7.39. The number of carbonyl (C=O) groups is 2. The minimum atomic E-state index is -0.619. The predicted molar refractivity (Wildman–Crippen MR) is 123 cm³/mol. The Bertz CT molecular complexity index is 1160. The summed E-state index contributed by atoms with van der Waals surface area (Å²) in [4.78, 5) is 36.0. The number of benzene rings is 1. The summed E-state index contributed by atoms with van der Waals surface area (Å²) in [6, 6.07) is 16.1. The van der Waals surface area contributed by atoms with E-state index in [2.05, 4.69) is 46.0 Å². The number of amides is 2. The van der Waals surface area contributed by atoms with Gasteiger partial charge in [0.1, 0.15) is 16.1 Å². The lowest BCUT2D eigenvalue weighted by molar-refractivity contribution is -0.134. The first kappa shape index (κ1) is 19.2. The van der Waals surface area contributed by atoms with Crippen molar-refractivity contribution in [1.29, 1.82) is 0 Å². The average molecular weight is 453 g/mol. The largest absolute Gasteiger partial charge is 0.323 e. The number of nitrogens with one attached hydrogen (secondary N) is 1. The van der Waals surface area contributed by atoms with Crippen LogP contribution in [-0.4, -0.2) is 34.2 Å². The summed E-state index contributed by atoms with van der Waals surface area (Å²) in [5, 5.41) is 3.63. The van der Waals surface area contributed by atoms with Gasteiger partial charge in [-0.1, -0.05) is 23.9 Å². The van der Waals surface area contributed by atoms with E-state index >= 15 is 0 Å². The second kappa shape index (κ2) is 7.50. The molecule has 4 heterocycles. The van der Waals surface area contributed by atoms with Gasteiger partial charge in [0.2, 0.25) is 0 Å². The van der Waals surface area contributed by atoms with Crippen molar-refractivity contribution in [1.82, 2.24) is 15.2 Å². The molecule has 150 valence electrons. The Morgan fingerprint density at radius 3 is 2.77 bits per heavy atom. The molecule has 30 heavy (non-hydrogen) atoms. The number of anilines is 3. The fourth-order valence-corrected chi connectivity index (χ4v) is 5.53. The maximum absolute atomic E-state index is 12.5. The Kier molecular flexibility index (Phi) is 4.80. The van der Waals surface area contributed by atoms with Gasteiger partial charge in [-0.25, -0.2) is 4.98 Å². The van der Waals surface area contributed by atoms with Crippen LogP contribution < -0.4 is 10.2 Å². The Morgan fingerprint density at radius 1 is 1.10 bits per heavy atom. The van der Waals surface area contributed by atoms with E-state index in [1.165, 1.54) is 16.2 Å². The third-order valence-electron chi connectivity index (χ3n) is 4.83. The van der Waals surface area contributed by atoms with Gasteiger partial charge in [-0.3, -0.25) is 14.5 Å². The van der Waals surface area contributed by atoms with Crippen molar-refractivity contribution < 1.29 is 9.59 Å². The van der Waals surface area contributed by atoms with Crippen molar-refractivity contribution >= 4 is 70.1 Å². The number of aromatic nitrogens is 1. The number of fused-ring (bicyclic) bond motifs is 2. The lowest BCUT2D eigenvalue weighted by atomic mass is 10.1. The highest BCUT2D eigenvalue weighted by molar-refractivity contribution is 7.99. The molecule has 1 atom stereocenters. The first-order valence-corrected chi connectivity index (χ1v) is 11.3. The minimum absolute atomic E-state index is 0.101. The fourth-order valence-electron chi connectivity index (χ4n) is 3.31. The Labute approximate surface area is 187 Å². The second-order valence-electron chi connectivity index (χ2n) is 6.73. The standard InChI is InChI=1S/C21H16N4O2S3/c1-24-20(27)13(19(26)23-21(24)28)11-12-8-9-17(29-12)25-14-5-2-3-6-15(14)30-16-7-4-10-22-18(16)25/h2-11,21,28H,1H3,(H,23,26)/b13-11+. The molecule has 3 aromatic rings. The van der Waals surface area contributed by atoms with Crippen LogP contribution >= 0.6 is 35.7 Å². The smallest absolute Gasteiger partial charge is 0.261 e. The summed E-state index contributed by atoms with van der Waals surface area (Å²) in [5.41, 5.74) is 0.536. The molecule has 9 heteroatoms. The fraction of sp³-hybridized carbons (Fsp3) is 0.0952. The van der Waals surface area contributed by atoms with Crippen molar-refractivity contribution in [2.24, 2.45) is 0 Å². The number of carbonyl (C=O) groups excluding carboxylic acids is 2. The molecular formula is C21H16N4O2S3. The summed E-state index contributed by atoms with van der Waals surface area (Å²) in [6.07, 6.45) is 3.41. The minimum Gasteiger partial charge on any atom is -0.323 e. The molecule has 5 rings (SSSR count). The van der Waals surface area contributed by atoms with Crippen molar-refractivity contribution in [2.45, 2.75) is 15.3 Å². The van der Waals surface area contributed by atoms with Crippen LogP contribution in [0.3, 0.4) is 0 Å². The Morgan fingerprint density at radius 2 is 1.90 bits per heavy atom. The molecule has 1 saturated heterocycles. The molecule has 1 unspecified atom stereocenters. The predicted octanol–water partition coefficient (Wildman–Crippen LogP) is 4.26. The molecule has 2 amide bonds. The highest BCUT2D eigenvalue weighted by Gasteiger charge is 2.32. The topological polar surface area (TPSA) is 65.5 Å².